The number of hydrogen-bond donors (Lipinski definition) is 0. The molecule has 0 aromatic heterocycles. The number of benzene rings is 2. The van der Waals surface area contributed by atoms with Crippen LogP contribution in [-0.4, -0.2) is 41.3 Å². The molecule has 1 atom stereocenters. The Labute approximate surface area is 195 Å². The molecule has 3 heterocycles. The monoisotopic (exact) mass is 473 g/mol. The third-order valence-electron chi connectivity index (χ3n) is 6.66. The molecule has 0 unspecified atom stereocenters. The maximum absolute atomic E-state index is 13.2. The number of Topliss-reactive ketones (excluding diaryl/α,β-unsaturated/α-hetero) is 1. The second-order valence-corrected chi connectivity index (χ2v) is 9.49. The van der Waals surface area contributed by atoms with Crippen LogP contribution in [0.1, 0.15) is 60.0 Å². The van der Waals surface area contributed by atoms with Crippen molar-refractivity contribution >= 4 is 40.9 Å². The number of ether oxygens (including phenoxy) is 2. The van der Waals surface area contributed by atoms with Crippen LogP contribution in [0.2, 0.25) is 10.0 Å². The van der Waals surface area contributed by atoms with Gasteiger partial charge in [-0.15, -0.1) is 0 Å². The molecule has 2 aromatic carbocycles. The number of carbonyl (C=O) groups is 3. The summed E-state index contributed by atoms with van der Waals surface area (Å²) in [5.74, 6) is 0.0409. The smallest absolute Gasteiger partial charge is 0.312 e. The van der Waals surface area contributed by atoms with Gasteiger partial charge in [0.05, 0.1) is 18.4 Å². The third kappa shape index (κ3) is 3.55. The van der Waals surface area contributed by atoms with Gasteiger partial charge in [-0.25, -0.2) is 0 Å². The molecule has 0 radical (unpaired) electrons. The van der Waals surface area contributed by atoms with Crippen molar-refractivity contribution in [1.82, 2.24) is 4.90 Å². The fourth-order valence-corrected chi connectivity index (χ4v) is 5.50. The molecular formula is C24H21Cl2NO5. The minimum Gasteiger partial charge on any atom is -0.485 e. The zero-order valence-corrected chi connectivity index (χ0v) is 19.0. The SMILES string of the molecule is CC(=O)N1CCC2(CC1)CC(=O)c1ccc3c(c1O2)[C@H](c1ccc(Cl)cc1Cl)CC(=O)O3. The first-order chi connectivity index (χ1) is 15.3. The first kappa shape index (κ1) is 21.3. The van der Waals surface area contributed by atoms with Crippen molar-refractivity contribution in [3.05, 3.63) is 57.1 Å². The van der Waals surface area contributed by atoms with Gasteiger partial charge in [0.2, 0.25) is 5.91 Å². The molecule has 1 spiro atoms. The van der Waals surface area contributed by atoms with Gasteiger partial charge in [-0.1, -0.05) is 29.3 Å². The maximum atomic E-state index is 13.2. The van der Waals surface area contributed by atoms with Crippen molar-refractivity contribution in [2.75, 3.05) is 13.1 Å². The lowest BCUT2D eigenvalue weighted by Gasteiger charge is -2.45. The summed E-state index contributed by atoms with van der Waals surface area (Å²) in [6.07, 6.45) is 1.46. The van der Waals surface area contributed by atoms with Gasteiger partial charge in [0.15, 0.2) is 5.78 Å². The molecule has 1 saturated heterocycles. The van der Waals surface area contributed by atoms with E-state index in [-0.39, 0.29) is 30.5 Å². The van der Waals surface area contributed by atoms with E-state index in [1.165, 1.54) is 0 Å². The molecule has 2 aromatic rings. The Balaban J connectivity index is 1.60. The van der Waals surface area contributed by atoms with Crippen LogP contribution in [0, 0.1) is 0 Å². The van der Waals surface area contributed by atoms with Crippen LogP contribution in [0.15, 0.2) is 30.3 Å². The van der Waals surface area contributed by atoms with Crippen LogP contribution in [-0.2, 0) is 9.59 Å². The van der Waals surface area contributed by atoms with Gasteiger partial charge in [0, 0.05) is 54.4 Å². The van der Waals surface area contributed by atoms with E-state index in [0.717, 1.165) is 5.56 Å². The highest BCUT2D eigenvalue weighted by atomic mass is 35.5. The maximum Gasteiger partial charge on any atom is 0.312 e. The summed E-state index contributed by atoms with van der Waals surface area (Å²) in [4.78, 5) is 39.1. The van der Waals surface area contributed by atoms with Crippen molar-refractivity contribution in [1.29, 1.82) is 0 Å². The minimum absolute atomic E-state index is 0.0109. The summed E-state index contributed by atoms with van der Waals surface area (Å²) < 4.78 is 12.1. The molecule has 32 heavy (non-hydrogen) atoms. The Hall–Kier alpha value is -2.57. The fourth-order valence-electron chi connectivity index (χ4n) is 4.96. The summed E-state index contributed by atoms with van der Waals surface area (Å²) in [7, 11) is 0. The lowest BCUT2D eigenvalue weighted by Crippen LogP contribution is -2.52. The molecule has 3 aliphatic heterocycles. The second kappa shape index (κ2) is 7.78. The Morgan fingerprint density at radius 3 is 2.56 bits per heavy atom. The van der Waals surface area contributed by atoms with Gasteiger partial charge in [0.25, 0.3) is 0 Å². The summed E-state index contributed by atoms with van der Waals surface area (Å²) in [6, 6.07) is 8.47. The Kier molecular flexibility index (Phi) is 5.18. The number of amides is 1. The molecule has 166 valence electrons. The average Bonchev–Trinajstić information content (AvgIpc) is 2.73. The van der Waals surface area contributed by atoms with Crippen LogP contribution >= 0.6 is 23.2 Å². The lowest BCUT2D eigenvalue weighted by atomic mass is 9.79. The van der Waals surface area contributed by atoms with Gasteiger partial charge >= 0.3 is 5.97 Å². The van der Waals surface area contributed by atoms with Crippen molar-refractivity contribution in [2.24, 2.45) is 0 Å². The number of piperidine rings is 1. The Morgan fingerprint density at radius 2 is 1.88 bits per heavy atom. The first-order valence-corrected chi connectivity index (χ1v) is 11.3. The van der Waals surface area contributed by atoms with E-state index < -0.39 is 11.5 Å². The van der Waals surface area contributed by atoms with E-state index in [1.807, 2.05) is 0 Å². The molecule has 8 heteroatoms. The number of carbonyl (C=O) groups excluding carboxylic acids is 3. The van der Waals surface area contributed by atoms with E-state index >= 15 is 0 Å². The molecule has 1 amide bonds. The van der Waals surface area contributed by atoms with Crippen LogP contribution in [0.5, 0.6) is 11.5 Å². The van der Waals surface area contributed by atoms with Crippen molar-refractivity contribution in [3.63, 3.8) is 0 Å². The summed E-state index contributed by atoms with van der Waals surface area (Å²) >= 11 is 12.6. The number of nitrogens with zero attached hydrogens (tertiary/aromatic N) is 1. The summed E-state index contributed by atoms with van der Waals surface area (Å²) in [6.45, 7) is 2.62. The van der Waals surface area contributed by atoms with Gasteiger partial charge in [-0.2, -0.15) is 0 Å². The van der Waals surface area contributed by atoms with Crippen LogP contribution in [0.25, 0.3) is 0 Å². The predicted octanol–water partition coefficient (Wildman–Crippen LogP) is 4.78. The molecule has 0 bridgehead atoms. The normalized spacial score (nSPS) is 21.5. The molecular weight excluding hydrogens is 453 g/mol. The molecule has 0 N–H and O–H groups in total. The third-order valence-corrected chi connectivity index (χ3v) is 7.22. The minimum atomic E-state index is -0.680. The van der Waals surface area contributed by atoms with Crippen LogP contribution < -0.4 is 9.47 Å². The van der Waals surface area contributed by atoms with Crippen LogP contribution in [0.4, 0.5) is 0 Å². The Morgan fingerprint density at radius 1 is 1.12 bits per heavy atom. The zero-order chi connectivity index (χ0) is 22.6. The second-order valence-electron chi connectivity index (χ2n) is 8.64. The van der Waals surface area contributed by atoms with E-state index in [0.29, 0.717) is 58.6 Å². The fraction of sp³-hybridized carbons (Fsp3) is 0.375. The molecule has 0 aliphatic carbocycles. The number of ketones is 1. The molecule has 6 nitrogen and oxygen atoms in total. The molecule has 5 rings (SSSR count). The van der Waals surface area contributed by atoms with Gasteiger partial charge in [-0.3, -0.25) is 14.4 Å². The van der Waals surface area contributed by atoms with E-state index in [9.17, 15) is 14.4 Å². The van der Waals surface area contributed by atoms with Crippen molar-refractivity contribution in [2.45, 2.75) is 44.1 Å². The highest BCUT2D eigenvalue weighted by Crippen LogP contribution is 2.51. The number of esters is 1. The quantitative estimate of drug-likeness (QED) is 0.440. The summed E-state index contributed by atoms with van der Waals surface area (Å²) in [5.41, 5.74) is 1.19. The van der Waals surface area contributed by atoms with E-state index in [2.05, 4.69) is 0 Å². The molecule has 3 aliphatic rings. The highest BCUT2D eigenvalue weighted by Gasteiger charge is 2.46. The standard InChI is InChI=1S/C24H21Cl2NO5/c1-13(28)27-8-6-24(7-9-27)12-19(29)16-4-5-20-22(23(16)32-24)17(11-21(30)31-20)15-3-2-14(25)10-18(15)26/h2-5,10,17H,6-9,11-12H2,1H3/t17-/m0/s1. The average molecular weight is 474 g/mol. The van der Waals surface area contributed by atoms with Crippen molar-refractivity contribution < 1.29 is 23.9 Å². The van der Waals surface area contributed by atoms with Gasteiger partial charge in [0.1, 0.15) is 17.1 Å². The molecule has 1 fully saturated rings. The topological polar surface area (TPSA) is 72.9 Å². The lowest BCUT2D eigenvalue weighted by molar-refractivity contribution is -0.135. The van der Waals surface area contributed by atoms with Gasteiger partial charge in [-0.05, 0) is 29.8 Å². The zero-order valence-electron chi connectivity index (χ0n) is 17.5. The predicted molar refractivity (Wildman–Crippen MR) is 119 cm³/mol. The van der Waals surface area contributed by atoms with E-state index in [1.54, 1.807) is 42.2 Å². The van der Waals surface area contributed by atoms with Crippen LogP contribution in [0.3, 0.4) is 0 Å². The number of hydrogen-bond acceptors (Lipinski definition) is 5. The summed E-state index contributed by atoms with van der Waals surface area (Å²) in [5, 5.41) is 0.933. The van der Waals surface area contributed by atoms with Crippen molar-refractivity contribution in [3.8, 4) is 11.5 Å². The number of likely N-dealkylation sites (tertiary alicyclic amines) is 1. The van der Waals surface area contributed by atoms with Gasteiger partial charge < -0.3 is 14.4 Å². The Bertz CT molecular complexity index is 1150. The largest absolute Gasteiger partial charge is 0.485 e. The number of rotatable bonds is 1. The number of fused-ring (bicyclic) bond motifs is 3. The van der Waals surface area contributed by atoms with E-state index in [4.69, 9.17) is 32.7 Å². The molecule has 0 saturated carbocycles. The number of halogens is 2. The highest BCUT2D eigenvalue weighted by molar-refractivity contribution is 6.35. The first-order valence-electron chi connectivity index (χ1n) is 10.6.